The summed E-state index contributed by atoms with van der Waals surface area (Å²) in [6.45, 7) is 0.104. The van der Waals surface area contributed by atoms with Crippen molar-refractivity contribution >= 4 is 43.4 Å². The minimum Gasteiger partial charge on any atom is -0.396 e. The first-order chi connectivity index (χ1) is 15.4. The monoisotopic (exact) mass is 472 g/mol. The lowest BCUT2D eigenvalue weighted by Crippen LogP contribution is -2.40. The first kappa shape index (κ1) is 22.8. The van der Waals surface area contributed by atoms with Crippen molar-refractivity contribution in [1.29, 1.82) is 0 Å². The van der Waals surface area contributed by atoms with E-state index in [4.69, 9.17) is 11.6 Å². The number of para-hydroxylation sites is 2. The van der Waals surface area contributed by atoms with Gasteiger partial charge in [0.15, 0.2) is 0 Å². The Bertz CT molecular complexity index is 1270. The summed E-state index contributed by atoms with van der Waals surface area (Å²) in [5.41, 5.74) is 1.96. The van der Waals surface area contributed by atoms with Gasteiger partial charge in [0.25, 0.3) is 0 Å². The van der Waals surface area contributed by atoms with Crippen molar-refractivity contribution in [3.8, 4) is 0 Å². The molecule has 1 aromatic heterocycles. The van der Waals surface area contributed by atoms with E-state index in [1.54, 1.807) is 0 Å². The van der Waals surface area contributed by atoms with Crippen LogP contribution in [0.4, 0.5) is 0 Å². The number of benzene rings is 3. The zero-order valence-corrected chi connectivity index (χ0v) is 19.0. The third-order valence-electron chi connectivity index (χ3n) is 5.50. The summed E-state index contributed by atoms with van der Waals surface area (Å²) >= 11 is 5.90. The lowest BCUT2D eigenvalue weighted by Gasteiger charge is -2.25. The first-order valence-electron chi connectivity index (χ1n) is 10.4. The van der Waals surface area contributed by atoms with Crippen LogP contribution in [0.5, 0.6) is 0 Å². The number of aromatic nitrogens is 1. The smallest absolute Gasteiger partial charge is 0.243 e. The van der Waals surface area contributed by atoms with E-state index in [0.717, 1.165) is 21.8 Å². The standard InChI is InChI=1S/C24H25ClN2O4S/c25-18-10-12-20(13-11-18)32(30,31)26(14-5-15-28)16-19(29)17-27-23-8-3-1-6-21(23)22-7-2-4-9-24(22)27/h1-4,6-13,19,28-29H,5,14-17H2/t19-/m0/s1. The zero-order valence-electron chi connectivity index (χ0n) is 17.4. The molecule has 1 atom stereocenters. The van der Waals surface area contributed by atoms with Crippen molar-refractivity contribution in [3.63, 3.8) is 0 Å². The van der Waals surface area contributed by atoms with Crippen LogP contribution in [0, 0.1) is 0 Å². The van der Waals surface area contributed by atoms with E-state index in [2.05, 4.69) is 0 Å². The van der Waals surface area contributed by atoms with Crippen LogP contribution in [0.25, 0.3) is 21.8 Å². The van der Waals surface area contributed by atoms with Crippen LogP contribution in [-0.4, -0.2) is 53.3 Å². The van der Waals surface area contributed by atoms with Crippen LogP contribution in [0.2, 0.25) is 5.02 Å². The molecule has 0 aliphatic rings. The molecule has 6 nitrogen and oxygen atoms in total. The minimum absolute atomic E-state index is 0.0915. The van der Waals surface area contributed by atoms with Crippen LogP contribution < -0.4 is 0 Å². The van der Waals surface area contributed by atoms with Gasteiger partial charge in [0.1, 0.15) is 0 Å². The van der Waals surface area contributed by atoms with Gasteiger partial charge in [-0.25, -0.2) is 8.42 Å². The Hall–Kier alpha value is -2.42. The third kappa shape index (κ3) is 4.53. The lowest BCUT2D eigenvalue weighted by atomic mass is 10.2. The summed E-state index contributed by atoms with van der Waals surface area (Å²) < 4.78 is 29.6. The molecule has 0 bridgehead atoms. The highest BCUT2D eigenvalue weighted by molar-refractivity contribution is 7.89. The van der Waals surface area contributed by atoms with Crippen molar-refractivity contribution < 1.29 is 18.6 Å². The third-order valence-corrected chi connectivity index (χ3v) is 7.64. The number of nitrogens with zero attached hydrogens (tertiary/aromatic N) is 2. The molecule has 8 heteroatoms. The highest BCUT2D eigenvalue weighted by Crippen LogP contribution is 2.29. The van der Waals surface area contributed by atoms with Gasteiger partial charge in [-0.2, -0.15) is 4.31 Å². The van der Waals surface area contributed by atoms with Crippen LogP contribution in [0.1, 0.15) is 6.42 Å². The molecule has 0 aliphatic heterocycles. The Kier molecular flexibility index (Phi) is 6.83. The number of aliphatic hydroxyl groups is 2. The molecule has 0 aliphatic carbocycles. The van der Waals surface area contributed by atoms with E-state index >= 15 is 0 Å². The van der Waals surface area contributed by atoms with E-state index in [9.17, 15) is 18.6 Å². The fourth-order valence-electron chi connectivity index (χ4n) is 4.02. The molecule has 4 aromatic rings. The highest BCUT2D eigenvalue weighted by atomic mass is 35.5. The summed E-state index contributed by atoms with van der Waals surface area (Å²) in [6.07, 6.45) is -0.676. The van der Waals surface area contributed by atoms with Crippen molar-refractivity contribution in [2.75, 3.05) is 19.7 Å². The maximum Gasteiger partial charge on any atom is 0.243 e. The summed E-state index contributed by atoms with van der Waals surface area (Å²) in [5.74, 6) is 0. The van der Waals surface area contributed by atoms with Crippen molar-refractivity contribution in [1.82, 2.24) is 8.87 Å². The van der Waals surface area contributed by atoms with Gasteiger partial charge < -0.3 is 14.8 Å². The minimum atomic E-state index is -3.85. The largest absolute Gasteiger partial charge is 0.396 e. The van der Waals surface area contributed by atoms with E-state index in [1.807, 2.05) is 53.1 Å². The van der Waals surface area contributed by atoms with Crippen LogP contribution in [0.15, 0.2) is 77.7 Å². The number of rotatable bonds is 9. The second kappa shape index (κ2) is 9.60. The van der Waals surface area contributed by atoms with Gasteiger partial charge in [-0.3, -0.25) is 0 Å². The van der Waals surface area contributed by atoms with Gasteiger partial charge in [-0.15, -0.1) is 0 Å². The molecular weight excluding hydrogens is 448 g/mol. The SMILES string of the molecule is O=S(=O)(c1ccc(Cl)cc1)N(CCCO)C[C@H](O)Cn1c2ccccc2c2ccccc21. The van der Waals surface area contributed by atoms with E-state index in [-0.39, 0.29) is 37.6 Å². The summed E-state index contributed by atoms with van der Waals surface area (Å²) in [4.78, 5) is 0.101. The number of aliphatic hydroxyl groups excluding tert-OH is 2. The van der Waals surface area contributed by atoms with Gasteiger partial charge in [-0.05, 0) is 42.8 Å². The molecule has 168 valence electrons. The molecule has 0 fully saturated rings. The Morgan fingerprint density at radius 1 is 0.906 bits per heavy atom. The van der Waals surface area contributed by atoms with Crippen molar-refractivity contribution in [2.45, 2.75) is 24.0 Å². The van der Waals surface area contributed by atoms with E-state index in [1.165, 1.54) is 28.6 Å². The summed E-state index contributed by atoms with van der Waals surface area (Å²) in [5, 5.41) is 22.8. The van der Waals surface area contributed by atoms with Crippen molar-refractivity contribution in [3.05, 3.63) is 77.8 Å². The van der Waals surface area contributed by atoms with Gasteiger partial charge in [0.2, 0.25) is 10.0 Å². The summed E-state index contributed by atoms with van der Waals surface area (Å²) in [6, 6.07) is 21.9. The highest BCUT2D eigenvalue weighted by Gasteiger charge is 2.27. The lowest BCUT2D eigenvalue weighted by molar-refractivity contribution is 0.127. The number of hydrogen-bond donors (Lipinski definition) is 2. The number of hydrogen-bond acceptors (Lipinski definition) is 4. The average Bonchev–Trinajstić information content (AvgIpc) is 3.10. The molecule has 1 heterocycles. The molecule has 0 spiro atoms. The van der Waals surface area contributed by atoms with Gasteiger partial charge >= 0.3 is 0 Å². The van der Waals surface area contributed by atoms with Gasteiger partial charge in [0, 0.05) is 46.5 Å². The van der Waals surface area contributed by atoms with E-state index in [0.29, 0.717) is 5.02 Å². The Morgan fingerprint density at radius 2 is 1.47 bits per heavy atom. The van der Waals surface area contributed by atoms with Crippen molar-refractivity contribution in [2.24, 2.45) is 0 Å². The number of halogens is 1. The predicted octanol–water partition coefficient (Wildman–Crippen LogP) is 3.88. The topological polar surface area (TPSA) is 82.8 Å². The molecule has 0 radical (unpaired) electrons. The van der Waals surface area contributed by atoms with Crippen LogP contribution >= 0.6 is 11.6 Å². The maximum atomic E-state index is 13.2. The Morgan fingerprint density at radius 3 is 2.03 bits per heavy atom. The molecule has 3 aromatic carbocycles. The molecular formula is C24H25ClN2O4S. The maximum absolute atomic E-state index is 13.2. The van der Waals surface area contributed by atoms with Crippen LogP contribution in [-0.2, 0) is 16.6 Å². The fraction of sp³-hybridized carbons (Fsp3) is 0.250. The average molecular weight is 473 g/mol. The van der Waals surface area contributed by atoms with Crippen LogP contribution in [0.3, 0.4) is 0 Å². The molecule has 0 unspecified atom stereocenters. The molecule has 0 amide bonds. The number of sulfonamides is 1. The predicted molar refractivity (Wildman–Crippen MR) is 127 cm³/mol. The fourth-order valence-corrected chi connectivity index (χ4v) is 5.66. The quantitative estimate of drug-likeness (QED) is 0.387. The number of fused-ring (bicyclic) bond motifs is 3. The first-order valence-corrected chi connectivity index (χ1v) is 12.2. The molecule has 2 N–H and O–H groups in total. The van der Waals surface area contributed by atoms with E-state index < -0.39 is 16.1 Å². The Labute approximate surface area is 192 Å². The Balaban J connectivity index is 1.63. The second-order valence-electron chi connectivity index (χ2n) is 7.69. The molecule has 0 saturated carbocycles. The van der Waals surface area contributed by atoms with Gasteiger partial charge in [-0.1, -0.05) is 48.0 Å². The molecule has 0 saturated heterocycles. The second-order valence-corrected chi connectivity index (χ2v) is 10.1. The van der Waals surface area contributed by atoms with Gasteiger partial charge in [0.05, 0.1) is 17.5 Å². The molecule has 32 heavy (non-hydrogen) atoms. The summed E-state index contributed by atoms with van der Waals surface area (Å²) in [7, 11) is -3.85. The molecule has 4 rings (SSSR count). The zero-order chi connectivity index (χ0) is 22.7. The normalized spacial score (nSPS) is 13.2.